The maximum atomic E-state index is 5.81. The van der Waals surface area contributed by atoms with Crippen LogP contribution < -0.4 is 41.1 Å². The quantitative estimate of drug-likeness (QED) is 0.332. The number of pyridine rings is 1. The Kier molecular flexibility index (Phi) is 7.87. The van der Waals surface area contributed by atoms with Gasteiger partial charge >= 0.3 is 0 Å². The second-order valence-electron chi connectivity index (χ2n) is 8.32. The van der Waals surface area contributed by atoms with Crippen LogP contribution in [0.2, 0.25) is 0 Å². The molecule has 1 aliphatic heterocycles. The van der Waals surface area contributed by atoms with Crippen molar-refractivity contribution in [3.63, 3.8) is 0 Å². The lowest BCUT2D eigenvalue weighted by Gasteiger charge is -2.20. The number of benzene rings is 3. The second kappa shape index (κ2) is 10.9. The van der Waals surface area contributed by atoms with E-state index in [4.69, 9.17) is 14.2 Å². The Bertz CT molecular complexity index is 1360. The van der Waals surface area contributed by atoms with Crippen molar-refractivity contribution < 1.29 is 35.8 Å². The third-order valence-electron chi connectivity index (χ3n) is 6.32. The van der Waals surface area contributed by atoms with Gasteiger partial charge < -0.3 is 36.5 Å². The van der Waals surface area contributed by atoms with Gasteiger partial charge in [-0.15, -0.1) is 0 Å². The summed E-state index contributed by atoms with van der Waals surface area (Å²) in [4.78, 5) is 0. The maximum absolute atomic E-state index is 5.81. The van der Waals surface area contributed by atoms with Gasteiger partial charge in [0.25, 0.3) is 0 Å². The molecule has 4 aromatic rings. The van der Waals surface area contributed by atoms with Crippen LogP contribution in [0.15, 0.2) is 65.3 Å². The van der Waals surface area contributed by atoms with Crippen LogP contribution in [0.4, 0.5) is 5.69 Å². The number of hydrogen-bond donors (Lipinski definition) is 1. The summed E-state index contributed by atoms with van der Waals surface area (Å²) >= 11 is 3.51. The third-order valence-corrected chi connectivity index (χ3v) is 6.85. The van der Waals surface area contributed by atoms with Crippen molar-refractivity contribution in [2.45, 2.75) is 26.4 Å². The number of aryl methyl sites for hydroxylation is 2. The number of hydrogen-bond acceptors (Lipinski definition) is 4. The normalized spacial score (nSPS) is 11.8. The molecule has 0 unspecified atom stereocenters. The Hall–Kier alpha value is -2.77. The molecule has 182 valence electrons. The average Bonchev–Trinajstić information content (AvgIpc) is 2.86. The number of methoxy groups -OCH3 is 2. The van der Waals surface area contributed by atoms with Gasteiger partial charge in [-0.25, -0.2) is 0 Å². The summed E-state index contributed by atoms with van der Waals surface area (Å²) in [6.07, 6.45) is 3.18. The van der Waals surface area contributed by atoms with Gasteiger partial charge in [0, 0.05) is 23.5 Å². The smallest absolute Gasteiger partial charge is 0.213 e. The zero-order chi connectivity index (χ0) is 23.7. The first-order valence-electron chi connectivity index (χ1n) is 11.5. The highest BCUT2D eigenvalue weighted by Crippen LogP contribution is 2.39. The molecule has 3 aromatic carbocycles. The molecule has 0 saturated carbocycles. The second-order valence-corrected chi connectivity index (χ2v) is 9.24. The molecule has 2 heterocycles. The van der Waals surface area contributed by atoms with Crippen LogP contribution in [0.1, 0.15) is 18.1 Å². The molecular formula is C28H28Br2N2O3. The van der Waals surface area contributed by atoms with Gasteiger partial charge in [-0.3, -0.25) is 0 Å². The summed E-state index contributed by atoms with van der Waals surface area (Å²) < 4.78 is 20.6. The van der Waals surface area contributed by atoms with Crippen LogP contribution in [0.5, 0.6) is 17.2 Å². The number of aromatic nitrogens is 1. The molecule has 0 aliphatic carbocycles. The van der Waals surface area contributed by atoms with Gasteiger partial charge in [0.05, 0.1) is 37.5 Å². The SMILES string of the molecule is CCOc1cc2c(cc1OC)-c1cc3ccc(OC)c(NCc4ccc(Br)cc4)c3c[n+]1CC2.[Br-]. The lowest BCUT2D eigenvalue weighted by atomic mass is 9.95. The molecule has 0 bridgehead atoms. The van der Waals surface area contributed by atoms with Gasteiger partial charge in [0.1, 0.15) is 5.75 Å². The molecule has 0 atom stereocenters. The summed E-state index contributed by atoms with van der Waals surface area (Å²) in [7, 11) is 3.41. The van der Waals surface area contributed by atoms with E-state index in [2.05, 4.69) is 80.5 Å². The minimum Gasteiger partial charge on any atom is -1.00 e. The highest BCUT2D eigenvalue weighted by atomic mass is 79.9. The fraction of sp³-hybridized carbons (Fsp3) is 0.250. The summed E-state index contributed by atoms with van der Waals surface area (Å²) in [5.41, 5.74) is 5.87. The Balaban J connectivity index is 0.00000289. The standard InChI is InChI=1S/C28H27BrN2O3.BrH/c1-4-34-27-14-20-11-12-31-17-23-19(13-24(31)22(20)15-26(27)33-3)7-10-25(32-2)28(23)30-16-18-5-8-21(29)9-6-18;/h5-10,13-15,17H,4,11-12,16H2,1-3H3;1H. The highest BCUT2D eigenvalue weighted by Gasteiger charge is 2.27. The Morgan fingerprint density at radius 3 is 2.43 bits per heavy atom. The highest BCUT2D eigenvalue weighted by molar-refractivity contribution is 9.10. The number of anilines is 1. The minimum atomic E-state index is 0. The molecule has 35 heavy (non-hydrogen) atoms. The lowest BCUT2D eigenvalue weighted by Crippen LogP contribution is -3.00. The fourth-order valence-corrected chi connectivity index (χ4v) is 4.88. The van der Waals surface area contributed by atoms with E-state index in [1.54, 1.807) is 14.2 Å². The van der Waals surface area contributed by atoms with E-state index in [9.17, 15) is 0 Å². The summed E-state index contributed by atoms with van der Waals surface area (Å²) in [6.45, 7) is 4.22. The van der Waals surface area contributed by atoms with E-state index in [1.165, 1.54) is 22.4 Å². The van der Waals surface area contributed by atoms with E-state index in [0.29, 0.717) is 13.2 Å². The predicted molar refractivity (Wildman–Crippen MR) is 139 cm³/mol. The minimum absolute atomic E-state index is 0. The van der Waals surface area contributed by atoms with Crippen LogP contribution in [0.25, 0.3) is 22.0 Å². The molecule has 0 amide bonds. The van der Waals surface area contributed by atoms with Crippen molar-refractivity contribution in [2.24, 2.45) is 0 Å². The fourth-order valence-electron chi connectivity index (χ4n) is 4.61. The largest absolute Gasteiger partial charge is 1.00 e. The van der Waals surface area contributed by atoms with Gasteiger partial charge in [0.2, 0.25) is 5.69 Å². The van der Waals surface area contributed by atoms with Gasteiger partial charge in [-0.1, -0.05) is 34.1 Å². The average molecular weight is 600 g/mol. The first-order chi connectivity index (χ1) is 16.6. The van der Waals surface area contributed by atoms with Gasteiger partial charge in [-0.05, 0) is 53.8 Å². The van der Waals surface area contributed by atoms with Crippen molar-refractivity contribution in [2.75, 3.05) is 26.1 Å². The van der Waals surface area contributed by atoms with Crippen LogP contribution in [0, 0.1) is 0 Å². The van der Waals surface area contributed by atoms with E-state index < -0.39 is 0 Å². The van der Waals surface area contributed by atoms with Crippen LogP contribution >= 0.6 is 15.9 Å². The first-order valence-corrected chi connectivity index (χ1v) is 12.3. The number of fused-ring (bicyclic) bond motifs is 4. The molecule has 1 aliphatic rings. The first kappa shape index (κ1) is 25.3. The number of halogens is 2. The molecule has 7 heteroatoms. The molecule has 5 nitrogen and oxygen atoms in total. The van der Waals surface area contributed by atoms with Crippen LogP contribution in [-0.4, -0.2) is 20.8 Å². The molecule has 1 aromatic heterocycles. The van der Waals surface area contributed by atoms with Crippen molar-refractivity contribution in [1.82, 2.24) is 0 Å². The van der Waals surface area contributed by atoms with E-state index in [0.717, 1.165) is 51.1 Å². The topological polar surface area (TPSA) is 43.6 Å². The van der Waals surface area contributed by atoms with E-state index >= 15 is 0 Å². The van der Waals surface area contributed by atoms with Crippen LogP contribution in [0.3, 0.4) is 0 Å². The monoisotopic (exact) mass is 598 g/mol. The zero-order valence-electron chi connectivity index (χ0n) is 20.0. The molecule has 5 rings (SSSR count). The molecule has 0 spiro atoms. The van der Waals surface area contributed by atoms with Crippen molar-refractivity contribution >= 4 is 32.4 Å². The number of ether oxygens (including phenoxy) is 3. The van der Waals surface area contributed by atoms with Crippen molar-refractivity contribution in [3.05, 3.63) is 76.4 Å². The number of nitrogens with zero attached hydrogens (tertiary/aromatic N) is 1. The predicted octanol–water partition coefficient (Wildman–Crippen LogP) is 3.14. The number of nitrogens with one attached hydrogen (secondary N) is 1. The maximum Gasteiger partial charge on any atom is 0.213 e. The van der Waals surface area contributed by atoms with Crippen molar-refractivity contribution in [3.8, 4) is 28.5 Å². The summed E-state index contributed by atoms with van der Waals surface area (Å²) in [5.74, 6) is 2.41. The molecule has 1 N–H and O–H groups in total. The molecule has 0 saturated heterocycles. The molecule has 0 fully saturated rings. The molecular weight excluding hydrogens is 572 g/mol. The Morgan fingerprint density at radius 2 is 1.71 bits per heavy atom. The number of rotatable bonds is 7. The molecule has 0 radical (unpaired) electrons. The zero-order valence-corrected chi connectivity index (χ0v) is 23.2. The summed E-state index contributed by atoms with van der Waals surface area (Å²) in [5, 5.41) is 5.92. The third kappa shape index (κ3) is 4.98. The Labute approximate surface area is 224 Å². The van der Waals surface area contributed by atoms with Crippen molar-refractivity contribution in [1.29, 1.82) is 0 Å². The Morgan fingerprint density at radius 1 is 0.943 bits per heavy atom. The summed E-state index contributed by atoms with van der Waals surface area (Å²) in [6, 6.07) is 19.0. The van der Waals surface area contributed by atoms with Crippen LogP contribution in [-0.2, 0) is 19.5 Å². The van der Waals surface area contributed by atoms with E-state index in [1.807, 2.05) is 13.0 Å². The van der Waals surface area contributed by atoms with Gasteiger partial charge in [-0.2, -0.15) is 4.57 Å². The van der Waals surface area contributed by atoms with E-state index in [-0.39, 0.29) is 17.0 Å². The lowest BCUT2D eigenvalue weighted by molar-refractivity contribution is -0.686. The van der Waals surface area contributed by atoms with Gasteiger partial charge in [0.15, 0.2) is 24.2 Å².